The van der Waals surface area contributed by atoms with E-state index in [1.54, 1.807) is 36.4 Å². The van der Waals surface area contributed by atoms with Gasteiger partial charge in [-0.25, -0.2) is 9.78 Å². The van der Waals surface area contributed by atoms with E-state index in [0.29, 0.717) is 32.8 Å². The molecule has 0 radical (unpaired) electrons. The predicted molar refractivity (Wildman–Crippen MR) is 123 cm³/mol. The highest BCUT2D eigenvalue weighted by molar-refractivity contribution is 6.30. The molecule has 0 saturated heterocycles. The highest BCUT2D eigenvalue weighted by Crippen LogP contribution is 2.26. The van der Waals surface area contributed by atoms with Crippen LogP contribution in [0, 0.1) is 0 Å². The Hall–Kier alpha value is -3.96. The second-order valence-electron chi connectivity index (χ2n) is 7.23. The van der Waals surface area contributed by atoms with Crippen molar-refractivity contribution in [3.05, 3.63) is 101 Å². The van der Waals surface area contributed by atoms with E-state index >= 15 is 0 Å². The van der Waals surface area contributed by atoms with Crippen LogP contribution in [0.15, 0.2) is 89.3 Å². The molecule has 5 nitrogen and oxygen atoms in total. The molecule has 5 aromatic rings. The van der Waals surface area contributed by atoms with Gasteiger partial charge in [-0.1, -0.05) is 60.1 Å². The lowest BCUT2D eigenvalue weighted by Crippen LogP contribution is -2.14. The van der Waals surface area contributed by atoms with Gasteiger partial charge in [-0.05, 0) is 36.4 Å². The van der Waals surface area contributed by atoms with Gasteiger partial charge in [-0.2, -0.15) is 0 Å². The van der Waals surface area contributed by atoms with Gasteiger partial charge in [0.15, 0.2) is 12.4 Å². The van der Waals surface area contributed by atoms with Crippen molar-refractivity contribution in [3.63, 3.8) is 0 Å². The molecule has 3 aromatic carbocycles. The summed E-state index contributed by atoms with van der Waals surface area (Å²) in [6.07, 6.45) is 0. The van der Waals surface area contributed by atoms with Crippen LogP contribution < -0.4 is 0 Å². The molecule has 0 aliphatic heterocycles. The van der Waals surface area contributed by atoms with Crippen molar-refractivity contribution in [1.29, 1.82) is 0 Å². The monoisotopic (exact) mass is 441 g/mol. The van der Waals surface area contributed by atoms with Gasteiger partial charge in [0.1, 0.15) is 5.58 Å². The molecule has 6 heteroatoms. The predicted octanol–water partition coefficient (Wildman–Crippen LogP) is 6.34. The Bertz CT molecular complexity index is 1440. The fraction of sp³-hybridized carbons (Fsp3) is 0.0385. The first-order valence-corrected chi connectivity index (χ1v) is 10.3. The Morgan fingerprint density at radius 1 is 0.906 bits per heavy atom. The van der Waals surface area contributed by atoms with E-state index < -0.39 is 18.4 Å². The Labute approximate surface area is 188 Å². The zero-order valence-corrected chi connectivity index (χ0v) is 17.5. The second kappa shape index (κ2) is 8.29. The van der Waals surface area contributed by atoms with Gasteiger partial charge in [-0.15, -0.1) is 0 Å². The maximum absolute atomic E-state index is 13.0. The highest BCUT2D eigenvalue weighted by atomic mass is 35.5. The molecular weight excluding hydrogens is 426 g/mol. The number of nitrogens with zero attached hydrogens (tertiary/aromatic N) is 1. The molecule has 32 heavy (non-hydrogen) atoms. The van der Waals surface area contributed by atoms with Crippen LogP contribution in [0.3, 0.4) is 0 Å². The Morgan fingerprint density at radius 2 is 1.66 bits per heavy atom. The molecule has 0 spiro atoms. The molecule has 0 amide bonds. The lowest BCUT2D eigenvalue weighted by molar-refractivity contribution is 0.0470. The number of furan rings is 1. The van der Waals surface area contributed by atoms with Crippen molar-refractivity contribution in [2.75, 3.05) is 6.61 Å². The van der Waals surface area contributed by atoms with Crippen LogP contribution in [0.4, 0.5) is 0 Å². The van der Waals surface area contributed by atoms with Gasteiger partial charge in [0, 0.05) is 21.4 Å². The van der Waals surface area contributed by atoms with Crippen LogP contribution in [-0.2, 0) is 4.74 Å². The van der Waals surface area contributed by atoms with Gasteiger partial charge >= 0.3 is 5.97 Å². The lowest BCUT2D eigenvalue weighted by Gasteiger charge is -2.10. The molecule has 0 fully saturated rings. The maximum atomic E-state index is 13.0. The number of esters is 1. The Morgan fingerprint density at radius 3 is 2.47 bits per heavy atom. The number of benzene rings is 3. The molecule has 5 rings (SSSR count). The van der Waals surface area contributed by atoms with Crippen molar-refractivity contribution in [2.24, 2.45) is 0 Å². The molecule has 2 heterocycles. The molecule has 0 saturated carbocycles. The number of pyridine rings is 1. The van der Waals surface area contributed by atoms with Gasteiger partial charge in [0.25, 0.3) is 0 Å². The number of hydrogen-bond acceptors (Lipinski definition) is 5. The van der Waals surface area contributed by atoms with E-state index in [0.717, 1.165) is 10.9 Å². The third-order valence-corrected chi connectivity index (χ3v) is 5.36. The SMILES string of the molecule is O=C(COC(=O)c1cc(-c2ccc(Cl)cc2)nc2ccccc12)c1cc2ccccc2o1. The normalized spacial score (nSPS) is 11.0. The molecule has 0 atom stereocenters. The van der Waals surface area contributed by atoms with E-state index in [2.05, 4.69) is 4.98 Å². The number of ketones is 1. The topological polar surface area (TPSA) is 69.4 Å². The number of rotatable bonds is 5. The highest BCUT2D eigenvalue weighted by Gasteiger charge is 2.19. The van der Waals surface area contributed by atoms with E-state index in [1.165, 1.54) is 0 Å². The van der Waals surface area contributed by atoms with Crippen LogP contribution in [0.5, 0.6) is 0 Å². The number of aromatic nitrogens is 1. The number of carbonyl (C=O) groups excluding carboxylic acids is 2. The van der Waals surface area contributed by atoms with Gasteiger partial charge < -0.3 is 9.15 Å². The van der Waals surface area contributed by atoms with Crippen molar-refractivity contribution >= 4 is 45.2 Å². The maximum Gasteiger partial charge on any atom is 0.339 e. The molecular formula is C26H16ClNO4. The number of Topliss-reactive ketones (excluding diaryl/α,β-unsaturated/α-hetero) is 1. The Balaban J connectivity index is 1.43. The standard InChI is InChI=1S/C26H16ClNO4/c27-18-11-9-16(10-12-18)22-14-20(19-6-2-3-7-21(19)28-22)26(30)31-15-23(29)25-13-17-5-1-4-8-24(17)32-25/h1-14H,15H2. The summed E-state index contributed by atoms with van der Waals surface area (Å²) in [5.41, 5.74) is 3.01. The first-order valence-electron chi connectivity index (χ1n) is 9.93. The number of para-hydroxylation sites is 2. The zero-order chi connectivity index (χ0) is 22.1. The first kappa shape index (κ1) is 20.0. The third kappa shape index (κ3) is 3.86. The number of ether oxygens (including phenoxy) is 1. The quantitative estimate of drug-likeness (QED) is 0.235. The van der Waals surface area contributed by atoms with E-state index in [4.69, 9.17) is 20.8 Å². The minimum Gasteiger partial charge on any atom is -0.454 e. The molecule has 2 aromatic heterocycles. The third-order valence-electron chi connectivity index (χ3n) is 5.11. The van der Waals surface area contributed by atoms with Crippen LogP contribution >= 0.6 is 11.6 Å². The second-order valence-corrected chi connectivity index (χ2v) is 7.66. The largest absolute Gasteiger partial charge is 0.454 e. The molecule has 0 unspecified atom stereocenters. The summed E-state index contributed by atoms with van der Waals surface area (Å²) in [5.74, 6) is -0.866. The summed E-state index contributed by atoms with van der Waals surface area (Å²) in [6, 6.07) is 25.1. The summed E-state index contributed by atoms with van der Waals surface area (Å²) in [5, 5.41) is 2.07. The number of fused-ring (bicyclic) bond motifs is 2. The average molecular weight is 442 g/mol. The van der Waals surface area contributed by atoms with Crippen molar-refractivity contribution in [3.8, 4) is 11.3 Å². The average Bonchev–Trinajstić information content (AvgIpc) is 3.26. The summed E-state index contributed by atoms with van der Waals surface area (Å²) >= 11 is 5.99. The fourth-order valence-electron chi connectivity index (χ4n) is 3.51. The number of hydrogen-bond donors (Lipinski definition) is 0. The van der Waals surface area contributed by atoms with Crippen LogP contribution in [0.1, 0.15) is 20.9 Å². The molecule has 0 aliphatic rings. The van der Waals surface area contributed by atoms with Crippen molar-refractivity contribution < 1.29 is 18.7 Å². The lowest BCUT2D eigenvalue weighted by atomic mass is 10.0. The van der Waals surface area contributed by atoms with Crippen molar-refractivity contribution in [2.45, 2.75) is 0 Å². The minimum absolute atomic E-state index is 0.153. The van der Waals surface area contributed by atoms with Crippen LogP contribution in [-0.4, -0.2) is 23.3 Å². The fourth-order valence-corrected chi connectivity index (χ4v) is 3.64. The van der Waals surface area contributed by atoms with Gasteiger partial charge in [-0.3, -0.25) is 4.79 Å². The smallest absolute Gasteiger partial charge is 0.339 e. The molecule has 0 aliphatic carbocycles. The minimum atomic E-state index is -0.608. The Kier molecular flexibility index (Phi) is 5.17. The first-order chi connectivity index (χ1) is 15.6. The number of carbonyl (C=O) groups is 2. The van der Waals surface area contributed by atoms with E-state index in [9.17, 15) is 9.59 Å². The van der Waals surface area contributed by atoms with Crippen LogP contribution in [0.25, 0.3) is 33.1 Å². The van der Waals surface area contributed by atoms with Gasteiger partial charge in [0.2, 0.25) is 5.78 Å². The van der Waals surface area contributed by atoms with Gasteiger partial charge in [0.05, 0.1) is 16.8 Å². The summed E-state index contributed by atoms with van der Waals surface area (Å²) in [7, 11) is 0. The summed E-state index contributed by atoms with van der Waals surface area (Å²) in [4.78, 5) is 30.1. The summed E-state index contributed by atoms with van der Waals surface area (Å²) in [6.45, 7) is -0.425. The molecule has 156 valence electrons. The number of halogens is 1. The summed E-state index contributed by atoms with van der Waals surface area (Å²) < 4.78 is 10.9. The van der Waals surface area contributed by atoms with Crippen LogP contribution in [0.2, 0.25) is 5.02 Å². The van der Waals surface area contributed by atoms with E-state index in [1.807, 2.05) is 48.5 Å². The van der Waals surface area contributed by atoms with E-state index in [-0.39, 0.29) is 5.76 Å². The molecule has 0 N–H and O–H groups in total. The van der Waals surface area contributed by atoms with Crippen molar-refractivity contribution in [1.82, 2.24) is 4.98 Å². The molecule has 0 bridgehead atoms. The zero-order valence-electron chi connectivity index (χ0n) is 16.7.